The van der Waals surface area contributed by atoms with Gasteiger partial charge in [0.1, 0.15) is 17.5 Å². The highest BCUT2D eigenvalue weighted by molar-refractivity contribution is 6.01. The SMILES string of the molecule is COc1cc(OC)cc(C(=O)N[C@@H](C(=O)Nc2ccc(N[C@H](C)c3ccccc3)cc2)C(C)C)c1. The van der Waals surface area contributed by atoms with Crippen LogP contribution < -0.4 is 25.4 Å². The number of ether oxygens (including phenoxy) is 2. The van der Waals surface area contributed by atoms with Gasteiger partial charge in [-0.3, -0.25) is 9.59 Å². The van der Waals surface area contributed by atoms with E-state index in [2.05, 4.69) is 35.0 Å². The Hall–Kier alpha value is -4.00. The minimum absolute atomic E-state index is 0.126. The second kappa shape index (κ2) is 11.9. The van der Waals surface area contributed by atoms with Crippen molar-refractivity contribution in [1.82, 2.24) is 5.32 Å². The van der Waals surface area contributed by atoms with E-state index >= 15 is 0 Å². The number of carbonyl (C=O) groups is 2. The van der Waals surface area contributed by atoms with Crippen LogP contribution in [0.5, 0.6) is 11.5 Å². The summed E-state index contributed by atoms with van der Waals surface area (Å²) in [7, 11) is 3.04. The van der Waals surface area contributed by atoms with Gasteiger partial charge in [-0.25, -0.2) is 0 Å². The standard InChI is InChI=1S/C28H33N3O4/c1-18(2)26(31-27(32)21-15-24(34-4)17-25(16-21)35-5)28(33)30-23-13-11-22(12-14-23)29-19(3)20-9-7-6-8-10-20/h6-19,26,29H,1-5H3,(H,30,33)(H,31,32)/t19-,26-/m1/s1. The van der Waals surface area contributed by atoms with E-state index in [0.29, 0.717) is 22.7 Å². The van der Waals surface area contributed by atoms with E-state index in [0.717, 1.165) is 5.69 Å². The predicted molar refractivity (Wildman–Crippen MR) is 139 cm³/mol. The Kier molecular flexibility index (Phi) is 8.73. The lowest BCUT2D eigenvalue weighted by Gasteiger charge is -2.22. The van der Waals surface area contributed by atoms with Crippen molar-refractivity contribution >= 4 is 23.2 Å². The quantitative estimate of drug-likeness (QED) is 0.372. The van der Waals surface area contributed by atoms with Crippen LogP contribution in [-0.2, 0) is 4.79 Å². The Morgan fingerprint density at radius 2 is 1.34 bits per heavy atom. The summed E-state index contributed by atoms with van der Waals surface area (Å²) in [5, 5.41) is 9.20. The van der Waals surface area contributed by atoms with Gasteiger partial charge in [-0.1, -0.05) is 44.2 Å². The first-order valence-corrected chi connectivity index (χ1v) is 11.6. The molecular formula is C28H33N3O4. The van der Waals surface area contributed by atoms with Crippen molar-refractivity contribution in [1.29, 1.82) is 0 Å². The van der Waals surface area contributed by atoms with Gasteiger partial charge in [0, 0.05) is 29.0 Å². The number of benzene rings is 3. The fourth-order valence-corrected chi connectivity index (χ4v) is 3.64. The van der Waals surface area contributed by atoms with Gasteiger partial charge < -0.3 is 25.4 Å². The molecule has 0 fully saturated rings. The maximum Gasteiger partial charge on any atom is 0.252 e. The van der Waals surface area contributed by atoms with Crippen molar-refractivity contribution in [2.75, 3.05) is 24.9 Å². The molecule has 7 heteroatoms. The molecule has 3 aromatic rings. The van der Waals surface area contributed by atoms with Crippen molar-refractivity contribution in [2.45, 2.75) is 32.9 Å². The van der Waals surface area contributed by atoms with Crippen LogP contribution in [0.15, 0.2) is 72.8 Å². The van der Waals surface area contributed by atoms with Gasteiger partial charge in [0.15, 0.2) is 0 Å². The molecule has 3 aromatic carbocycles. The van der Waals surface area contributed by atoms with Crippen LogP contribution in [0.25, 0.3) is 0 Å². The van der Waals surface area contributed by atoms with Crippen LogP contribution in [-0.4, -0.2) is 32.1 Å². The molecule has 2 atom stereocenters. The second-order valence-corrected chi connectivity index (χ2v) is 8.64. The number of carbonyl (C=O) groups excluding carboxylic acids is 2. The number of methoxy groups -OCH3 is 2. The molecule has 0 aliphatic carbocycles. The van der Waals surface area contributed by atoms with E-state index in [9.17, 15) is 9.59 Å². The van der Waals surface area contributed by atoms with Crippen LogP contribution in [0.3, 0.4) is 0 Å². The third-order valence-corrected chi connectivity index (χ3v) is 5.68. The van der Waals surface area contributed by atoms with Crippen LogP contribution in [0.2, 0.25) is 0 Å². The molecule has 0 saturated heterocycles. The highest BCUT2D eigenvalue weighted by atomic mass is 16.5. The minimum atomic E-state index is -0.726. The molecule has 3 rings (SSSR count). The fraction of sp³-hybridized carbons (Fsp3) is 0.286. The molecule has 184 valence electrons. The maximum atomic E-state index is 13.0. The average Bonchev–Trinajstić information content (AvgIpc) is 2.88. The van der Waals surface area contributed by atoms with Crippen LogP contribution >= 0.6 is 0 Å². The van der Waals surface area contributed by atoms with Gasteiger partial charge in [0.25, 0.3) is 5.91 Å². The molecule has 2 amide bonds. The third kappa shape index (κ3) is 6.99. The van der Waals surface area contributed by atoms with Crippen LogP contribution in [0.1, 0.15) is 42.7 Å². The Bertz CT molecular complexity index is 1110. The van der Waals surface area contributed by atoms with E-state index in [-0.39, 0.29) is 23.8 Å². The van der Waals surface area contributed by atoms with E-state index in [1.807, 2.05) is 56.3 Å². The summed E-state index contributed by atoms with van der Waals surface area (Å²) in [4.78, 5) is 25.9. The summed E-state index contributed by atoms with van der Waals surface area (Å²) >= 11 is 0. The monoisotopic (exact) mass is 475 g/mol. The number of rotatable bonds is 10. The number of amides is 2. The topological polar surface area (TPSA) is 88.7 Å². The lowest BCUT2D eigenvalue weighted by molar-refractivity contribution is -0.118. The summed E-state index contributed by atoms with van der Waals surface area (Å²) in [6.45, 7) is 5.86. The first kappa shape index (κ1) is 25.6. The number of hydrogen-bond donors (Lipinski definition) is 3. The van der Waals surface area contributed by atoms with E-state index in [1.165, 1.54) is 19.8 Å². The van der Waals surface area contributed by atoms with Crippen molar-refractivity contribution in [2.24, 2.45) is 5.92 Å². The molecule has 0 heterocycles. The first-order chi connectivity index (χ1) is 16.8. The highest BCUT2D eigenvalue weighted by Gasteiger charge is 2.25. The molecule has 0 bridgehead atoms. The molecule has 0 saturated carbocycles. The van der Waals surface area contributed by atoms with Gasteiger partial charge in [0.05, 0.1) is 14.2 Å². The molecule has 0 spiro atoms. The molecular weight excluding hydrogens is 442 g/mol. The maximum absolute atomic E-state index is 13.0. The van der Waals surface area contributed by atoms with Gasteiger partial charge >= 0.3 is 0 Å². The average molecular weight is 476 g/mol. The second-order valence-electron chi connectivity index (χ2n) is 8.64. The first-order valence-electron chi connectivity index (χ1n) is 11.6. The van der Waals surface area contributed by atoms with Crippen molar-refractivity contribution in [3.8, 4) is 11.5 Å². The van der Waals surface area contributed by atoms with Gasteiger partial charge in [-0.2, -0.15) is 0 Å². The van der Waals surface area contributed by atoms with E-state index < -0.39 is 6.04 Å². The Morgan fingerprint density at radius 3 is 1.89 bits per heavy atom. The zero-order valence-corrected chi connectivity index (χ0v) is 20.8. The van der Waals surface area contributed by atoms with Crippen LogP contribution in [0, 0.1) is 5.92 Å². The molecule has 7 nitrogen and oxygen atoms in total. The molecule has 0 aliphatic heterocycles. The summed E-state index contributed by atoms with van der Waals surface area (Å²) in [5.41, 5.74) is 3.13. The van der Waals surface area contributed by atoms with Gasteiger partial charge in [-0.05, 0) is 54.8 Å². The molecule has 3 N–H and O–H groups in total. The Balaban J connectivity index is 1.65. The third-order valence-electron chi connectivity index (χ3n) is 5.68. The normalized spacial score (nSPS) is 12.4. The zero-order chi connectivity index (χ0) is 25.4. The molecule has 35 heavy (non-hydrogen) atoms. The Morgan fingerprint density at radius 1 is 0.771 bits per heavy atom. The molecule has 0 unspecified atom stereocenters. The summed E-state index contributed by atoms with van der Waals surface area (Å²) in [6.07, 6.45) is 0. The van der Waals surface area contributed by atoms with Gasteiger partial charge in [-0.15, -0.1) is 0 Å². The van der Waals surface area contributed by atoms with Crippen LogP contribution in [0.4, 0.5) is 11.4 Å². The largest absolute Gasteiger partial charge is 0.497 e. The summed E-state index contributed by atoms with van der Waals surface area (Å²) < 4.78 is 10.5. The van der Waals surface area contributed by atoms with Gasteiger partial charge in [0.2, 0.25) is 5.91 Å². The lowest BCUT2D eigenvalue weighted by Crippen LogP contribution is -2.47. The fourth-order valence-electron chi connectivity index (χ4n) is 3.64. The lowest BCUT2D eigenvalue weighted by atomic mass is 10.0. The molecule has 0 aromatic heterocycles. The zero-order valence-electron chi connectivity index (χ0n) is 20.8. The van der Waals surface area contributed by atoms with Crippen molar-refractivity contribution in [3.05, 3.63) is 83.9 Å². The minimum Gasteiger partial charge on any atom is -0.497 e. The number of hydrogen-bond acceptors (Lipinski definition) is 5. The number of nitrogens with one attached hydrogen (secondary N) is 3. The van der Waals surface area contributed by atoms with E-state index in [1.54, 1.807) is 18.2 Å². The molecule has 0 aliphatic rings. The summed E-state index contributed by atoms with van der Waals surface area (Å²) in [5.74, 6) is 0.192. The Labute approximate surface area is 206 Å². The van der Waals surface area contributed by atoms with Crippen molar-refractivity contribution in [3.63, 3.8) is 0 Å². The number of anilines is 2. The predicted octanol–water partition coefficient (Wildman–Crippen LogP) is 5.27. The summed E-state index contributed by atoms with van der Waals surface area (Å²) in [6, 6.07) is 22.0. The van der Waals surface area contributed by atoms with Crippen molar-refractivity contribution < 1.29 is 19.1 Å². The molecule has 0 radical (unpaired) electrons. The highest BCUT2D eigenvalue weighted by Crippen LogP contribution is 2.23. The van der Waals surface area contributed by atoms with E-state index in [4.69, 9.17) is 9.47 Å². The smallest absolute Gasteiger partial charge is 0.252 e.